The van der Waals surface area contributed by atoms with E-state index in [1.807, 2.05) is 47.0 Å². The van der Waals surface area contributed by atoms with Crippen LogP contribution in [0.5, 0.6) is 0 Å². The Morgan fingerprint density at radius 2 is 0.938 bits per heavy atom. The van der Waals surface area contributed by atoms with Crippen LogP contribution in [-0.2, 0) is 28.8 Å². The molecule has 4 aliphatic heterocycles. The van der Waals surface area contributed by atoms with E-state index < -0.39 is 46.0 Å². The van der Waals surface area contributed by atoms with Gasteiger partial charge in [-0.05, 0) is 152 Å². The molecule has 8 bridgehead atoms. The zero-order valence-corrected chi connectivity index (χ0v) is 46.8. The van der Waals surface area contributed by atoms with Crippen molar-refractivity contribution in [3.05, 3.63) is 80.6 Å². The van der Waals surface area contributed by atoms with Crippen molar-refractivity contribution in [1.29, 1.82) is 0 Å². The number of oxime groups is 2. The topological polar surface area (TPSA) is 246 Å². The number of rotatable bonds is 15. The summed E-state index contributed by atoms with van der Waals surface area (Å²) in [5.41, 5.74) is 3.82. The number of ether oxygens (including phenoxy) is 1. The molecule has 4 saturated heterocycles. The molecule has 12 rings (SSSR count). The van der Waals surface area contributed by atoms with Crippen molar-refractivity contribution in [3.63, 3.8) is 0 Å². The van der Waals surface area contributed by atoms with Gasteiger partial charge in [0.1, 0.15) is 6.61 Å². The highest BCUT2D eigenvalue weighted by atomic mass is 16.7. The highest BCUT2D eigenvalue weighted by Gasteiger charge is 2.49. The van der Waals surface area contributed by atoms with Gasteiger partial charge in [-0.2, -0.15) is 0 Å². The lowest BCUT2D eigenvalue weighted by atomic mass is 9.76. The predicted molar refractivity (Wildman–Crippen MR) is 303 cm³/mol. The van der Waals surface area contributed by atoms with Gasteiger partial charge in [-0.25, -0.2) is 19.6 Å². The van der Waals surface area contributed by atoms with Crippen LogP contribution in [0.3, 0.4) is 0 Å². The number of hydrogen-bond acceptors (Lipinski definition) is 14. The summed E-state index contributed by atoms with van der Waals surface area (Å²) in [4.78, 5) is 89.1. The normalized spacial score (nSPS) is 30.9. The Balaban J connectivity index is 0.000000169. The highest BCUT2D eigenvalue weighted by Crippen LogP contribution is 2.50. The first-order chi connectivity index (χ1) is 38.6. The van der Waals surface area contributed by atoms with Gasteiger partial charge in [-0.3, -0.25) is 24.2 Å². The number of carbonyl (C=O) groups excluding carboxylic acids is 1. The number of piperidine rings is 2. The number of primary amides is 1. The summed E-state index contributed by atoms with van der Waals surface area (Å²) in [6.07, 6.45) is 27.3. The summed E-state index contributed by atoms with van der Waals surface area (Å²) >= 11 is 0. The van der Waals surface area contributed by atoms with Crippen LogP contribution in [0, 0.1) is 23.7 Å². The van der Waals surface area contributed by atoms with E-state index >= 15 is 0 Å². The van der Waals surface area contributed by atoms with E-state index in [1.165, 1.54) is 124 Å². The number of carboxylic acids is 2. The number of hydrogen-bond donors (Lipinski definition) is 3. The maximum absolute atomic E-state index is 14.1. The van der Waals surface area contributed by atoms with Crippen LogP contribution in [0.4, 0.5) is 0 Å². The molecule has 8 fully saturated rings. The van der Waals surface area contributed by atoms with Crippen LogP contribution in [0.15, 0.2) is 68.4 Å². The van der Waals surface area contributed by atoms with Gasteiger partial charge in [0.15, 0.2) is 11.4 Å². The molecule has 4 aliphatic carbocycles. The summed E-state index contributed by atoms with van der Waals surface area (Å²) in [6.45, 7) is 3.11. The first-order valence-electron chi connectivity index (χ1n) is 29.9. The third kappa shape index (κ3) is 11.4. The third-order valence-corrected chi connectivity index (χ3v) is 19.7. The maximum Gasteiger partial charge on any atom is 0.360 e. The minimum Gasteiger partial charge on any atom is -0.476 e. The number of benzene rings is 2. The lowest BCUT2D eigenvalue weighted by Crippen LogP contribution is -2.52. The van der Waals surface area contributed by atoms with Crippen LogP contribution in [0.1, 0.15) is 179 Å². The van der Waals surface area contributed by atoms with E-state index in [1.54, 1.807) is 10.6 Å². The summed E-state index contributed by atoms with van der Waals surface area (Å²) in [7, 11) is 1.52. The first-order valence-corrected chi connectivity index (χ1v) is 29.9. The van der Waals surface area contributed by atoms with Crippen LogP contribution in [0.2, 0.25) is 0 Å². The molecule has 19 heteroatoms. The molecule has 1 amide bonds. The summed E-state index contributed by atoms with van der Waals surface area (Å²) in [5, 5.41) is 27.4. The molecule has 6 heterocycles. The molecule has 4 N–H and O–H groups in total. The van der Waals surface area contributed by atoms with E-state index in [9.17, 15) is 34.2 Å². The van der Waals surface area contributed by atoms with E-state index in [2.05, 4.69) is 30.1 Å². The van der Waals surface area contributed by atoms with Crippen molar-refractivity contribution < 1.29 is 39.0 Å². The van der Waals surface area contributed by atoms with Gasteiger partial charge >= 0.3 is 11.9 Å². The molecule has 0 radical (unpaired) electrons. The van der Waals surface area contributed by atoms with Crippen molar-refractivity contribution >= 4 is 51.3 Å². The number of para-hydroxylation sites is 4. The zero-order chi connectivity index (χ0) is 55.8. The second-order valence-corrected chi connectivity index (χ2v) is 25.2. The predicted octanol–water partition coefficient (Wildman–Crippen LogP) is 8.37. The van der Waals surface area contributed by atoms with E-state index in [-0.39, 0.29) is 36.7 Å². The molecule has 19 nitrogen and oxygen atoms in total. The molecule has 2 aromatic carbocycles. The second-order valence-electron chi connectivity index (χ2n) is 25.2. The Hall–Kier alpha value is -6.05. The van der Waals surface area contributed by atoms with Crippen molar-refractivity contribution in [2.75, 3.05) is 20.3 Å². The maximum atomic E-state index is 14.1. The lowest BCUT2D eigenvalue weighted by Gasteiger charge is -2.48. The van der Waals surface area contributed by atoms with Crippen LogP contribution in [0.25, 0.3) is 22.1 Å². The standard InChI is InChI=1S/C31H41N5O5.C30H40N4O5/c1-31(2,30(32)40)41-34-27(29(38)39)26-28(37)36(25-10-6-5-9-24(25)33-26)23-16-20-11-12-21(17-23)35(20)22-14-18-7-3-4-8-19(13-18)15-22;1-38-12-13-39-32-28(30(36)37)27-29(35)34(26-9-5-4-8-25(26)31-27)24-17-21-10-11-22(18-24)33(21)23-15-19-6-2-3-7-20(14-19)16-23/h5-6,9-10,18-23H,3-4,7-8,11-17H2,1-2H3,(H2,32,40)(H,38,39);4-5,8-9,19-24H,2-3,6-7,10-18H2,1H3,(H,36,37)/b34-27-;32-28-/t18-,19+,20-,21+,22?,23?;19-,20+,21-,22+,23?,24?. The second kappa shape index (κ2) is 23.8. The molecule has 430 valence electrons. The Morgan fingerprint density at radius 1 is 0.550 bits per heavy atom. The molecule has 80 heavy (non-hydrogen) atoms. The fourth-order valence-electron chi connectivity index (χ4n) is 16.3. The summed E-state index contributed by atoms with van der Waals surface area (Å²) in [5.74, 6) is -0.163. The largest absolute Gasteiger partial charge is 0.476 e. The van der Waals surface area contributed by atoms with Crippen molar-refractivity contribution in [3.8, 4) is 0 Å². The van der Waals surface area contributed by atoms with Crippen LogP contribution >= 0.6 is 0 Å². The van der Waals surface area contributed by atoms with E-state index in [0.717, 1.165) is 67.7 Å². The van der Waals surface area contributed by atoms with E-state index in [4.69, 9.17) is 20.1 Å². The van der Waals surface area contributed by atoms with E-state index in [0.29, 0.717) is 52.8 Å². The smallest absolute Gasteiger partial charge is 0.360 e. The van der Waals surface area contributed by atoms with Gasteiger partial charge in [0, 0.05) is 55.4 Å². The van der Waals surface area contributed by atoms with Gasteiger partial charge in [0.05, 0.1) is 28.7 Å². The zero-order valence-electron chi connectivity index (χ0n) is 46.8. The molecule has 4 saturated carbocycles. The molecule has 8 aliphatic rings. The van der Waals surface area contributed by atoms with Gasteiger partial charge in [-0.1, -0.05) is 85.9 Å². The number of carbonyl (C=O) groups is 3. The molecule has 12 atom stereocenters. The molecule has 0 spiro atoms. The first kappa shape index (κ1) is 55.8. The fourth-order valence-corrected chi connectivity index (χ4v) is 16.3. The number of aromatic nitrogens is 4. The highest BCUT2D eigenvalue weighted by molar-refractivity contribution is 6.42. The van der Waals surface area contributed by atoms with Crippen molar-refractivity contribution in [2.45, 2.75) is 209 Å². The van der Waals surface area contributed by atoms with Crippen molar-refractivity contribution in [2.24, 2.45) is 39.7 Å². The Labute approximate surface area is 467 Å². The number of methoxy groups -OCH3 is 1. The monoisotopic (exact) mass is 1100 g/mol. The number of aliphatic carboxylic acids is 2. The number of nitrogens with zero attached hydrogens (tertiary/aromatic N) is 8. The number of fused-ring (bicyclic) bond motifs is 10. The average molecular weight is 1100 g/mol. The number of nitrogens with two attached hydrogens (primary N) is 1. The molecule has 4 unspecified atom stereocenters. The average Bonchev–Trinajstić information content (AvgIpc) is 3.75. The van der Waals surface area contributed by atoms with Crippen LogP contribution in [-0.4, -0.2) is 131 Å². The Bertz CT molecular complexity index is 3080. The molecular weight excluding hydrogens is 1020 g/mol. The Kier molecular flexibility index (Phi) is 16.6. The SMILES string of the molecule is CC(C)(O/N=C(\C(=O)O)c1nc2ccccc2n(C2C[C@H]3CC[C@@H](C2)N3C2C[C@H]3CCCC[C@@H](C2)C3)c1=O)C(N)=O.COCCO/N=C(\C(=O)O)c1nc2ccccc2n(C2C[C@H]3CC[C@@H](C2)N3C2C[C@H]3CCCC[C@@H](C2)C3)c1=O. The number of amides is 1. The fraction of sp³-hybridized carbons (Fsp3) is 0.656. The quantitative estimate of drug-likeness (QED) is 0.0575. The molecule has 4 aromatic rings. The summed E-state index contributed by atoms with van der Waals surface area (Å²) < 4.78 is 8.51. The minimum atomic E-state index is -1.56. The minimum absolute atomic E-state index is 0.00628. The van der Waals surface area contributed by atoms with Gasteiger partial charge < -0.3 is 39.5 Å². The molecular formula is C61H81N9O10. The van der Waals surface area contributed by atoms with Gasteiger partial charge in [0.2, 0.25) is 17.0 Å². The summed E-state index contributed by atoms with van der Waals surface area (Å²) in [6, 6.07) is 17.8. The number of carboxylic acid groups (broad SMARTS) is 2. The lowest BCUT2D eigenvalue weighted by molar-refractivity contribution is -0.140. The van der Waals surface area contributed by atoms with Crippen LogP contribution < -0.4 is 16.9 Å². The third-order valence-electron chi connectivity index (χ3n) is 19.7. The molecule has 2 aromatic heterocycles. The van der Waals surface area contributed by atoms with Gasteiger partial charge in [0.25, 0.3) is 17.0 Å². The Morgan fingerprint density at radius 3 is 1.31 bits per heavy atom. The van der Waals surface area contributed by atoms with Crippen molar-refractivity contribution in [1.82, 2.24) is 28.9 Å². The van der Waals surface area contributed by atoms with Gasteiger partial charge in [-0.15, -0.1) is 0 Å².